The van der Waals surface area contributed by atoms with Gasteiger partial charge < -0.3 is 14.2 Å². The number of amidine groups is 1. The summed E-state index contributed by atoms with van der Waals surface area (Å²) in [6, 6.07) is 19.3. The van der Waals surface area contributed by atoms with Crippen molar-refractivity contribution in [3.8, 4) is 11.9 Å². The van der Waals surface area contributed by atoms with Crippen molar-refractivity contribution < 1.29 is 14.2 Å². The van der Waals surface area contributed by atoms with Crippen LogP contribution in [0.25, 0.3) is 0 Å². The van der Waals surface area contributed by atoms with E-state index in [0.29, 0.717) is 18.9 Å². The fourth-order valence-electron chi connectivity index (χ4n) is 3.00. The molecule has 1 aliphatic rings. The smallest absolute Gasteiger partial charge is 0.312 e. The van der Waals surface area contributed by atoms with Crippen LogP contribution in [0, 0.1) is 11.5 Å². The Bertz CT molecular complexity index is 769. The van der Waals surface area contributed by atoms with Gasteiger partial charge in [0.2, 0.25) is 6.19 Å². The Morgan fingerprint density at radius 2 is 1.86 bits per heavy atom. The van der Waals surface area contributed by atoms with Crippen molar-refractivity contribution in [1.82, 2.24) is 0 Å². The molecular weight excluding hydrogens is 354 g/mol. The van der Waals surface area contributed by atoms with Crippen LogP contribution in [0.5, 0.6) is 5.75 Å². The number of benzene rings is 2. The zero-order valence-corrected chi connectivity index (χ0v) is 15.9. The second kappa shape index (κ2) is 11.1. The van der Waals surface area contributed by atoms with Gasteiger partial charge in [0.1, 0.15) is 5.75 Å². The highest BCUT2D eigenvalue weighted by Crippen LogP contribution is 2.19. The fraction of sp³-hybridized carbons (Fsp3) is 0.364. The third-order valence-electron chi connectivity index (χ3n) is 4.36. The lowest BCUT2D eigenvalue weighted by Gasteiger charge is -2.26. The van der Waals surface area contributed by atoms with Gasteiger partial charge in [-0.25, -0.2) is 0 Å². The van der Waals surface area contributed by atoms with Crippen LogP contribution in [0.2, 0.25) is 0 Å². The van der Waals surface area contributed by atoms with Crippen LogP contribution in [0.3, 0.4) is 0 Å². The van der Waals surface area contributed by atoms with Gasteiger partial charge in [-0.3, -0.25) is 4.90 Å². The molecule has 1 saturated heterocycles. The van der Waals surface area contributed by atoms with Gasteiger partial charge in [0, 0.05) is 18.8 Å². The molecule has 28 heavy (non-hydrogen) atoms. The maximum atomic E-state index is 9.17. The Morgan fingerprint density at radius 3 is 2.54 bits per heavy atom. The standard InChI is InChI=1S/C22H25N3O3/c23-18-24-22(28-20-12-5-2-6-13-20)25(19-10-3-1-4-11-19)15-9-17-27-21-14-7-8-16-26-21/h1-6,10-13,21H,7-9,14-17H2/b24-22-. The Labute approximate surface area is 166 Å². The summed E-state index contributed by atoms with van der Waals surface area (Å²) in [5.74, 6) is 0.629. The van der Waals surface area contributed by atoms with Crippen molar-refractivity contribution in [2.45, 2.75) is 32.0 Å². The summed E-state index contributed by atoms with van der Waals surface area (Å²) < 4.78 is 17.3. The van der Waals surface area contributed by atoms with Gasteiger partial charge in [-0.2, -0.15) is 5.26 Å². The predicted octanol–water partition coefficient (Wildman–Crippen LogP) is 4.34. The number of nitriles is 1. The number of rotatable bonds is 7. The second-order valence-corrected chi connectivity index (χ2v) is 6.42. The lowest BCUT2D eigenvalue weighted by atomic mass is 10.2. The number of para-hydroxylation sites is 2. The Hall–Kier alpha value is -2.88. The number of nitrogens with zero attached hydrogens (tertiary/aromatic N) is 3. The largest absolute Gasteiger partial charge is 0.425 e. The molecule has 0 N–H and O–H groups in total. The van der Waals surface area contributed by atoms with Crippen molar-refractivity contribution in [3.63, 3.8) is 0 Å². The van der Waals surface area contributed by atoms with Gasteiger partial charge in [-0.15, -0.1) is 4.99 Å². The minimum Gasteiger partial charge on any atom is -0.425 e. The Morgan fingerprint density at radius 1 is 1.11 bits per heavy atom. The highest BCUT2D eigenvalue weighted by atomic mass is 16.7. The molecule has 0 saturated carbocycles. The van der Waals surface area contributed by atoms with Crippen molar-refractivity contribution >= 4 is 11.7 Å². The molecule has 1 heterocycles. The zero-order valence-electron chi connectivity index (χ0n) is 15.9. The molecule has 0 aromatic heterocycles. The van der Waals surface area contributed by atoms with Crippen LogP contribution in [-0.2, 0) is 9.47 Å². The van der Waals surface area contributed by atoms with Gasteiger partial charge in [0.15, 0.2) is 6.29 Å². The van der Waals surface area contributed by atoms with Crippen LogP contribution < -0.4 is 9.64 Å². The van der Waals surface area contributed by atoms with Crippen molar-refractivity contribution in [2.75, 3.05) is 24.7 Å². The third kappa shape index (κ3) is 6.08. The van der Waals surface area contributed by atoms with Crippen LogP contribution in [0.1, 0.15) is 25.7 Å². The highest BCUT2D eigenvalue weighted by Gasteiger charge is 2.18. The Kier molecular flexibility index (Phi) is 7.86. The fourth-order valence-corrected chi connectivity index (χ4v) is 3.00. The van der Waals surface area contributed by atoms with E-state index in [1.54, 1.807) is 0 Å². The molecule has 2 aromatic carbocycles. The zero-order chi connectivity index (χ0) is 19.4. The quantitative estimate of drug-likeness (QED) is 0.310. The minimum atomic E-state index is -0.105. The molecule has 0 aliphatic carbocycles. The average Bonchev–Trinajstić information content (AvgIpc) is 2.76. The number of hydrogen-bond acceptors (Lipinski definition) is 5. The van der Waals surface area contributed by atoms with E-state index < -0.39 is 0 Å². The molecule has 1 aliphatic heterocycles. The summed E-state index contributed by atoms with van der Waals surface area (Å²) in [5.41, 5.74) is 0.904. The molecular formula is C22H25N3O3. The Balaban J connectivity index is 1.66. The molecule has 1 fully saturated rings. The lowest BCUT2D eigenvalue weighted by molar-refractivity contribution is -0.162. The average molecular weight is 379 g/mol. The van der Waals surface area contributed by atoms with E-state index in [1.165, 1.54) is 0 Å². The van der Waals surface area contributed by atoms with Crippen LogP contribution in [-0.4, -0.2) is 32.1 Å². The van der Waals surface area contributed by atoms with Gasteiger partial charge in [-0.1, -0.05) is 36.4 Å². The first kappa shape index (κ1) is 19.9. The highest BCUT2D eigenvalue weighted by molar-refractivity contribution is 5.93. The van der Waals surface area contributed by atoms with Gasteiger partial charge in [-0.05, 0) is 49.9 Å². The summed E-state index contributed by atoms with van der Waals surface area (Å²) in [5, 5.41) is 9.17. The first-order valence-electron chi connectivity index (χ1n) is 9.62. The molecule has 1 atom stereocenters. The van der Waals surface area contributed by atoms with E-state index >= 15 is 0 Å². The molecule has 0 amide bonds. The van der Waals surface area contributed by atoms with Crippen molar-refractivity contribution in [2.24, 2.45) is 4.99 Å². The molecule has 6 nitrogen and oxygen atoms in total. The maximum Gasteiger partial charge on any atom is 0.312 e. The van der Waals surface area contributed by atoms with E-state index in [-0.39, 0.29) is 12.3 Å². The van der Waals surface area contributed by atoms with E-state index in [2.05, 4.69) is 4.99 Å². The molecule has 0 radical (unpaired) electrons. The first-order valence-corrected chi connectivity index (χ1v) is 9.62. The van der Waals surface area contributed by atoms with Gasteiger partial charge in [0.05, 0.1) is 6.61 Å². The SMILES string of the molecule is N#C/N=C(\Oc1ccccc1)N(CCCOC1CCCCO1)c1ccccc1. The number of hydrogen-bond donors (Lipinski definition) is 0. The molecule has 1 unspecified atom stereocenters. The molecule has 0 spiro atoms. The monoisotopic (exact) mass is 379 g/mol. The van der Waals surface area contributed by atoms with Gasteiger partial charge >= 0.3 is 6.02 Å². The number of ether oxygens (including phenoxy) is 3. The lowest BCUT2D eigenvalue weighted by Crippen LogP contribution is -2.36. The van der Waals surface area contributed by atoms with Crippen LogP contribution >= 0.6 is 0 Å². The topological polar surface area (TPSA) is 67.1 Å². The summed E-state index contributed by atoms with van der Waals surface area (Å²) in [6.45, 7) is 1.94. The molecule has 2 aromatic rings. The minimum absolute atomic E-state index is 0.105. The van der Waals surface area contributed by atoms with Gasteiger partial charge in [0.25, 0.3) is 0 Å². The summed E-state index contributed by atoms with van der Waals surface area (Å²) in [7, 11) is 0. The summed E-state index contributed by atoms with van der Waals surface area (Å²) in [4.78, 5) is 5.82. The van der Waals surface area contributed by atoms with Crippen molar-refractivity contribution in [1.29, 1.82) is 5.26 Å². The molecule has 3 rings (SSSR count). The molecule has 146 valence electrons. The molecule has 6 heteroatoms. The third-order valence-corrected chi connectivity index (χ3v) is 4.36. The summed E-state index contributed by atoms with van der Waals surface area (Å²) >= 11 is 0. The molecule has 0 bridgehead atoms. The van der Waals surface area contributed by atoms with Crippen LogP contribution in [0.15, 0.2) is 65.7 Å². The van der Waals surface area contributed by atoms with E-state index in [1.807, 2.05) is 71.8 Å². The van der Waals surface area contributed by atoms with Crippen LogP contribution in [0.4, 0.5) is 5.69 Å². The number of aliphatic imine (C=N–C) groups is 1. The van der Waals surface area contributed by atoms with Crippen molar-refractivity contribution in [3.05, 3.63) is 60.7 Å². The number of anilines is 1. The van der Waals surface area contributed by atoms with E-state index in [4.69, 9.17) is 19.5 Å². The van der Waals surface area contributed by atoms with E-state index in [0.717, 1.165) is 38.0 Å². The maximum absolute atomic E-state index is 9.17. The normalized spacial score (nSPS) is 17.0. The predicted molar refractivity (Wildman–Crippen MR) is 108 cm³/mol. The van der Waals surface area contributed by atoms with E-state index in [9.17, 15) is 0 Å². The second-order valence-electron chi connectivity index (χ2n) is 6.42. The first-order chi connectivity index (χ1) is 13.9. The summed E-state index contributed by atoms with van der Waals surface area (Å²) in [6.07, 6.45) is 5.69.